The summed E-state index contributed by atoms with van der Waals surface area (Å²) in [5.41, 5.74) is 0.888. The van der Waals surface area contributed by atoms with Crippen LogP contribution in [0.5, 0.6) is 0 Å². The van der Waals surface area contributed by atoms with Gasteiger partial charge in [-0.2, -0.15) is 5.26 Å². The number of nitrogens with one attached hydrogen (secondary N) is 1. The van der Waals surface area contributed by atoms with Gasteiger partial charge in [0.2, 0.25) is 10.0 Å². The second-order valence-corrected chi connectivity index (χ2v) is 6.70. The van der Waals surface area contributed by atoms with E-state index in [2.05, 4.69) is 4.72 Å². The number of nitriles is 1. The van der Waals surface area contributed by atoms with Gasteiger partial charge in [0.1, 0.15) is 0 Å². The average molecular weight is 296 g/mol. The number of rotatable bonds is 8. The Hall–Kier alpha value is -1.42. The first kappa shape index (κ1) is 16.6. The van der Waals surface area contributed by atoms with Crippen molar-refractivity contribution in [1.29, 1.82) is 5.26 Å². The molecule has 1 aromatic rings. The minimum absolute atomic E-state index is 0.194. The Kier molecular flexibility index (Phi) is 6.65. The minimum atomic E-state index is -3.45. The van der Waals surface area contributed by atoms with Gasteiger partial charge < -0.3 is 4.74 Å². The summed E-state index contributed by atoms with van der Waals surface area (Å²) in [6.07, 6.45) is 0. The highest BCUT2D eigenvalue weighted by molar-refractivity contribution is 7.88. The molecular formula is C14H20N2O3S. The molecule has 0 bridgehead atoms. The van der Waals surface area contributed by atoms with Crippen molar-refractivity contribution < 1.29 is 13.2 Å². The lowest BCUT2D eigenvalue weighted by Gasteiger charge is -2.09. The molecule has 0 aliphatic carbocycles. The zero-order valence-corrected chi connectivity index (χ0v) is 12.6. The van der Waals surface area contributed by atoms with Gasteiger partial charge in [-0.05, 0) is 17.5 Å². The number of hydrogen-bond acceptors (Lipinski definition) is 4. The monoisotopic (exact) mass is 296 g/mol. The normalized spacial score (nSPS) is 11.5. The van der Waals surface area contributed by atoms with E-state index >= 15 is 0 Å². The van der Waals surface area contributed by atoms with Gasteiger partial charge in [-0.25, -0.2) is 13.1 Å². The summed E-state index contributed by atoms with van der Waals surface area (Å²) in [5.74, 6) is 0.232. The predicted octanol–water partition coefficient (Wildman–Crippen LogP) is 1.65. The maximum atomic E-state index is 11.9. The Morgan fingerprint density at radius 1 is 1.35 bits per heavy atom. The molecule has 0 unspecified atom stereocenters. The molecule has 110 valence electrons. The number of sulfonamides is 1. The van der Waals surface area contributed by atoms with E-state index in [9.17, 15) is 8.42 Å². The lowest BCUT2D eigenvalue weighted by Crippen LogP contribution is -2.29. The van der Waals surface area contributed by atoms with E-state index in [1.165, 1.54) is 0 Å². The zero-order chi connectivity index (χ0) is 15.0. The second kappa shape index (κ2) is 8.00. The van der Waals surface area contributed by atoms with Crippen LogP contribution < -0.4 is 4.72 Å². The molecule has 0 saturated heterocycles. The molecule has 0 amide bonds. The predicted molar refractivity (Wildman–Crippen MR) is 77.4 cm³/mol. The Balaban J connectivity index is 2.48. The van der Waals surface area contributed by atoms with Gasteiger partial charge in [0.05, 0.1) is 24.0 Å². The van der Waals surface area contributed by atoms with Crippen LogP contribution in [0.1, 0.15) is 25.0 Å². The third-order valence-corrected chi connectivity index (χ3v) is 3.84. The van der Waals surface area contributed by atoms with Gasteiger partial charge in [-0.15, -0.1) is 0 Å². The molecule has 0 fully saturated rings. The fourth-order valence-corrected chi connectivity index (χ4v) is 2.76. The van der Waals surface area contributed by atoms with Crippen LogP contribution in [-0.4, -0.2) is 28.2 Å². The molecule has 6 heteroatoms. The first-order chi connectivity index (χ1) is 9.44. The number of hydrogen-bond donors (Lipinski definition) is 1. The summed E-state index contributed by atoms with van der Waals surface area (Å²) in [4.78, 5) is 0. The summed E-state index contributed by atoms with van der Waals surface area (Å²) in [6, 6.07) is 8.67. The average Bonchev–Trinajstić information content (AvgIpc) is 2.38. The largest absolute Gasteiger partial charge is 0.380 e. The van der Waals surface area contributed by atoms with Crippen molar-refractivity contribution in [3.8, 4) is 6.07 Å². The summed E-state index contributed by atoms with van der Waals surface area (Å²) in [7, 11) is -3.45. The molecule has 0 spiro atoms. The maximum Gasteiger partial charge on any atom is 0.215 e. The molecule has 1 rings (SSSR count). The Bertz CT molecular complexity index is 562. The van der Waals surface area contributed by atoms with Gasteiger partial charge in [-0.1, -0.05) is 32.0 Å². The Morgan fingerprint density at radius 2 is 2.05 bits per heavy atom. The third kappa shape index (κ3) is 6.15. The lowest BCUT2D eigenvalue weighted by atomic mass is 10.1. The molecule has 0 radical (unpaired) electrons. The zero-order valence-electron chi connectivity index (χ0n) is 11.8. The molecule has 0 aromatic heterocycles. The van der Waals surface area contributed by atoms with Gasteiger partial charge in [-0.3, -0.25) is 0 Å². The van der Waals surface area contributed by atoms with Crippen molar-refractivity contribution in [2.45, 2.75) is 19.6 Å². The molecule has 1 N–H and O–H groups in total. The highest BCUT2D eigenvalue weighted by Crippen LogP contribution is 2.10. The number of benzene rings is 1. The summed E-state index contributed by atoms with van der Waals surface area (Å²) in [5, 5.41) is 8.93. The fraction of sp³-hybridized carbons (Fsp3) is 0.500. The van der Waals surface area contributed by atoms with Crippen molar-refractivity contribution in [3.63, 3.8) is 0 Å². The lowest BCUT2D eigenvalue weighted by molar-refractivity contribution is 0.114. The summed E-state index contributed by atoms with van der Waals surface area (Å²) >= 11 is 0. The van der Waals surface area contributed by atoms with E-state index in [0.29, 0.717) is 30.3 Å². The summed E-state index contributed by atoms with van der Waals surface area (Å²) in [6.45, 7) is 5.26. The van der Waals surface area contributed by atoms with E-state index in [1.54, 1.807) is 24.3 Å². The number of nitrogens with zero attached hydrogens (tertiary/aromatic N) is 1. The first-order valence-electron chi connectivity index (χ1n) is 6.47. The first-order valence-corrected chi connectivity index (χ1v) is 8.13. The molecule has 20 heavy (non-hydrogen) atoms. The highest BCUT2D eigenvalue weighted by Gasteiger charge is 2.13. The maximum absolute atomic E-state index is 11.9. The standard InChI is InChI=1S/C14H20N2O3S/c1-12(2)10-19-8-7-16-20(17,18)11-14-6-4-3-5-13(14)9-15/h3-6,12,16H,7-8,10-11H2,1-2H3. The molecule has 0 heterocycles. The van der Waals surface area contributed by atoms with E-state index < -0.39 is 10.0 Å². The summed E-state index contributed by atoms with van der Waals surface area (Å²) < 4.78 is 31.6. The van der Waals surface area contributed by atoms with Crippen molar-refractivity contribution in [3.05, 3.63) is 35.4 Å². The quantitative estimate of drug-likeness (QED) is 0.740. The fourth-order valence-electron chi connectivity index (χ4n) is 1.60. The molecular weight excluding hydrogens is 276 g/mol. The van der Waals surface area contributed by atoms with Crippen LogP contribution in [0.15, 0.2) is 24.3 Å². The van der Waals surface area contributed by atoms with E-state index in [4.69, 9.17) is 10.00 Å². The third-order valence-electron chi connectivity index (χ3n) is 2.50. The molecule has 0 aliphatic rings. The van der Waals surface area contributed by atoms with Crippen molar-refractivity contribution in [2.24, 2.45) is 5.92 Å². The smallest absolute Gasteiger partial charge is 0.215 e. The Labute approximate surface area is 120 Å². The SMILES string of the molecule is CC(C)COCCNS(=O)(=O)Cc1ccccc1C#N. The van der Waals surface area contributed by atoms with Gasteiger partial charge in [0, 0.05) is 13.2 Å². The topological polar surface area (TPSA) is 79.2 Å². The molecule has 5 nitrogen and oxygen atoms in total. The van der Waals surface area contributed by atoms with Crippen molar-refractivity contribution in [1.82, 2.24) is 4.72 Å². The van der Waals surface area contributed by atoms with E-state index in [-0.39, 0.29) is 12.3 Å². The molecule has 1 aromatic carbocycles. The van der Waals surface area contributed by atoms with Crippen LogP contribution in [0.4, 0.5) is 0 Å². The van der Waals surface area contributed by atoms with E-state index in [0.717, 1.165) is 0 Å². The van der Waals surface area contributed by atoms with Crippen LogP contribution in [0, 0.1) is 17.2 Å². The van der Waals surface area contributed by atoms with Crippen molar-refractivity contribution >= 4 is 10.0 Å². The number of ether oxygens (including phenoxy) is 1. The molecule has 0 aliphatic heterocycles. The molecule has 0 saturated carbocycles. The highest BCUT2D eigenvalue weighted by atomic mass is 32.2. The second-order valence-electron chi connectivity index (χ2n) is 4.89. The van der Waals surface area contributed by atoms with Crippen LogP contribution in [-0.2, 0) is 20.5 Å². The minimum Gasteiger partial charge on any atom is -0.380 e. The van der Waals surface area contributed by atoms with Gasteiger partial charge in [0.25, 0.3) is 0 Å². The Morgan fingerprint density at radius 3 is 2.70 bits per heavy atom. The van der Waals surface area contributed by atoms with Crippen LogP contribution in [0.2, 0.25) is 0 Å². The van der Waals surface area contributed by atoms with E-state index in [1.807, 2.05) is 19.9 Å². The van der Waals surface area contributed by atoms with Crippen LogP contribution >= 0.6 is 0 Å². The molecule has 0 atom stereocenters. The van der Waals surface area contributed by atoms with Crippen molar-refractivity contribution in [2.75, 3.05) is 19.8 Å². The van der Waals surface area contributed by atoms with Crippen LogP contribution in [0.3, 0.4) is 0 Å². The van der Waals surface area contributed by atoms with Crippen LogP contribution in [0.25, 0.3) is 0 Å². The van der Waals surface area contributed by atoms with Gasteiger partial charge >= 0.3 is 0 Å². The van der Waals surface area contributed by atoms with Gasteiger partial charge in [0.15, 0.2) is 0 Å².